The Morgan fingerprint density at radius 2 is 1.95 bits per heavy atom. The lowest BCUT2D eigenvalue weighted by Crippen LogP contribution is -2.35. The maximum absolute atomic E-state index is 12.7. The first-order valence-electron chi connectivity index (χ1n) is 11.7. The maximum atomic E-state index is 12.7. The van der Waals surface area contributed by atoms with Gasteiger partial charge in [-0.15, -0.1) is 0 Å². The van der Waals surface area contributed by atoms with Gasteiger partial charge in [0.25, 0.3) is 0 Å². The molecule has 4 aromatic rings. The second kappa shape index (κ2) is 9.38. The van der Waals surface area contributed by atoms with E-state index in [-0.39, 0.29) is 36.6 Å². The third-order valence-corrected chi connectivity index (χ3v) is 6.18. The van der Waals surface area contributed by atoms with E-state index in [1.54, 1.807) is 22.8 Å². The van der Waals surface area contributed by atoms with Crippen molar-refractivity contribution in [2.24, 2.45) is 0 Å². The van der Waals surface area contributed by atoms with Crippen molar-refractivity contribution in [1.82, 2.24) is 9.55 Å². The van der Waals surface area contributed by atoms with Gasteiger partial charge in [0, 0.05) is 18.2 Å². The van der Waals surface area contributed by atoms with E-state index in [2.05, 4.69) is 4.98 Å². The van der Waals surface area contributed by atoms with Crippen LogP contribution in [0.15, 0.2) is 69.9 Å². The molecule has 2 aromatic carbocycles. The summed E-state index contributed by atoms with van der Waals surface area (Å²) in [4.78, 5) is 27.8. The molecule has 6 rings (SSSR count). The van der Waals surface area contributed by atoms with Gasteiger partial charge in [0.1, 0.15) is 31.3 Å². The molecule has 188 valence electrons. The lowest BCUT2D eigenvalue weighted by molar-refractivity contribution is 0.0520. The highest BCUT2D eigenvalue weighted by Crippen LogP contribution is 2.33. The van der Waals surface area contributed by atoms with Crippen LogP contribution in [0.5, 0.6) is 23.1 Å². The summed E-state index contributed by atoms with van der Waals surface area (Å²) in [6.45, 7) is 1.10. The van der Waals surface area contributed by atoms with Gasteiger partial charge in [-0.25, -0.2) is 9.59 Å². The van der Waals surface area contributed by atoms with E-state index in [1.165, 1.54) is 6.07 Å². The molecule has 10 heteroatoms. The van der Waals surface area contributed by atoms with Gasteiger partial charge in [-0.2, -0.15) is 4.98 Å². The average Bonchev–Trinajstić information content (AvgIpc) is 3.40. The van der Waals surface area contributed by atoms with Gasteiger partial charge in [-0.05, 0) is 54.4 Å². The lowest BCUT2D eigenvalue weighted by atomic mass is 9.97. The van der Waals surface area contributed by atoms with Crippen molar-refractivity contribution < 1.29 is 33.3 Å². The van der Waals surface area contributed by atoms with Gasteiger partial charge in [-0.1, -0.05) is 12.1 Å². The molecule has 0 aliphatic carbocycles. The van der Waals surface area contributed by atoms with E-state index in [4.69, 9.17) is 28.5 Å². The van der Waals surface area contributed by atoms with Crippen LogP contribution in [0.25, 0.3) is 11.3 Å². The number of hydrogen-bond acceptors (Lipinski definition) is 8. The largest absolute Gasteiger partial charge is 0.486 e. The molecule has 37 heavy (non-hydrogen) atoms. The number of carboxylic acid groups (broad SMARTS) is 1. The fraction of sp³-hybridized carbons (Fsp3) is 0.222. The molecule has 10 nitrogen and oxygen atoms in total. The molecule has 4 heterocycles. The minimum absolute atomic E-state index is 0.0987. The first kappa shape index (κ1) is 22.7. The summed E-state index contributed by atoms with van der Waals surface area (Å²) in [6.07, 6.45) is 0.306. The van der Waals surface area contributed by atoms with E-state index < -0.39 is 5.97 Å². The van der Waals surface area contributed by atoms with Crippen LogP contribution >= 0.6 is 0 Å². The number of carboxylic acids is 1. The highest BCUT2D eigenvalue weighted by Gasteiger charge is 2.23. The molecule has 0 amide bonds. The van der Waals surface area contributed by atoms with Crippen LogP contribution < -0.4 is 24.6 Å². The standard InChI is InChI=1S/C27H22N2O8/c30-26(31)24-8-6-18(36-24)13-33-17-5-7-20-16(11-17)9-10-29-21(20)12-25(28-27(29)32)35-15-19-14-34-22-3-1-2-4-23(22)37-19/h1-8,11-12,19H,9-10,13-15H2,(H,30,31). The van der Waals surface area contributed by atoms with Crippen LogP contribution in [0.4, 0.5) is 0 Å². The number of carbonyl (C=O) groups is 1. The number of aromatic carboxylic acids is 1. The summed E-state index contributed by atoms with van der Waals surface area (Å²) in [6, 6.07) is 17.8. The Labute approximate surface area is 210 Å². The Kier molecular flexibility index (Phi) is 5.76. The third-order valence-electron chi connectivity index (χ3n) is 6.18. The van der Waals surface area contributed by atoms with Gasteiger partial charge >= 0.3 is 11.7 Å². The van der Waals surface area contributed by atoms with E-state index in [1.807, 2.05) is 36.4 Å². The van der Waals surface area contributed by atoms with Crippen LogP contribution in [0.1, 0.15) is 21.9 Å². The van der Waals surface area contributed by atoms with E-state index >= 15 is 0 Å². The molecule has 1 atom stereocenters. The average molecular weight is 502 g/mol. The van der Waals surface area contributed by atoms with Crippen molar-refractivity contribution in [3.05, 3.63) is 88.2 Å². The summed E-state index contributed by atoms with van der Waals surface area (Å²) in [5, 5.41) is 8.99. The summed E-state index contributed by atoms with van der Waals surface area (Å²) in [7, 11) is 0. The van der Waals surface area contributed by atoms with Crippen molar-refractivity contribution in [1.29, 1.82) is 0 Å². The zero-order chi connectivity index (χ0) is 25.4. The molecule has 2 aliphatic rings. The maximum Gasteiger partial charge on any atom is 0.371 e. The van der Waals surface area contributed by atoms with Crippen LogP contribution in [0.3, 0.4) is 0 Å². The molecule has 0 radical (unpaired) electrons. The molecule has 2 aliphatic heterocycles. The van der Waals surface area contributed by atoms with Gasteiger partial charge in [-0.3, -0.25) is 4.57 Å². The third kappa shape index (κ3) is 4.61. The second-order valence-corrected chi connectivity index (χ2v) is 8.65. The number of rotatable bonds is 7. The monoisotopic (exact) mass is 502 g/mol. The topological polar surface area (TPSA) is 122 Å². The molecule has 0 spiro atoms. The lowest BCUT2D eigenvalue weighted by Gasteiger charge is -2.26. The van der Waals surface area contributed by atoms with Crippen LogP contribution in [0, 0.1) is 0 Å². The number of furan rings is 1. The quantitative estimate of drug-likeness (QED) is 0.404. The highest BCUT2D eigenvalue weighted by atomic mass is 16.6. The Morgan fingerprint density at radius 3 is 2.78 bits per heavy atom. The summed E-state index contributed by atoms with van der Waals surface area (Å²) in [5.41, 5.74) is 2.24. The Hall–Kier alpha value is -4.73. The number of aryl methyl sites for hydroxylation is 1. The highest BCUT2D eigenvalue weighted by molar-refractivity contribution is 5.84. The Bertz CT molecular complexity index is 1540. The smallest absolute Gasteiger partial charge is 0.371 e. The molecule has 0 fully saturated rings. The van der Waals surface area contributed by atoms with E-state index in [9.17, 15) is 9.59 Å². The fourth-order valence-electron chi connectivity index (χ4n) is 4.40. The minimum atomic E-state index is -1.13. The summed E-state index contributed by atoms with van der Waals surface area (Å²) in [5.74, 6) is 1.33. The van der Waals surface area contributed by atoms with Crippen LogP contribution in [-0.4, -0.2) is 39.9 Å². The summed E-state index contributed by atoms with van der Waals surface area (Å²) < 4.78 is 30.2. The predicted molar refractivity (Wildman–Crippen MR) is 129 cm³/mol. The van der Waals surface area contributed by atoms with Crippen molar-refractivity contribution in [2.75, 3.05) is 13.2 Å². The van der Waals surface area contributed by atoms with Crippen LogP contribution in [0.2, 0.25) is 0 Å². The van der Waals surface area contributed by atoms with Gasteiger partial charge in [0.2, 0.25) is 11.6 Å². The molecular formula is C27H22N2O8. The van der Waals surface area contributed by atoms with E-state index in [0.717, 1.165) is 11.1 Å². The van der Waals surface area contributed by atoms with Crippen molar-refractivity contribution in [3.8, 4) is 34.4 Å². The normalized spacial score (nSPS) is 15.4. The number of para-hydroxylation sites is 2. The van der Waals surface area contributed by atoms with Crippen molar-refractivity contribution >= 4 is 5.97 Å². The second-order valence-electron chi connectivity index (χ2n) is 8.65. The van der Waals surface area contributed by atoms with Gasteiger partial charge in [0.15, 0.2) is 17.6 Å². The molecule has 0 saturated heterocycles. The van der Waals surface area contributed by atoms with E-state index in [0.29, 0.717) is 48.3 Å². The fourth-order valence-corrected chi connectivity index (χ4v) is 4.40. The first-order valence-corrected chi connectivity index (χ1v) is 11.7. The van der Waals surface area contributed by atoms with Crippen molar-refractivity contribution in [3.63, 3.8) is 0 Å². The number of benzene rings is 2. The molecule has 1 N–H and O–H groups in total. The van der Waals surface area contributed by atoms with Gasteiger partial charge in [0.05, 0.1) is 5.69 Å². The Morgan fingerprint density at radius 1 is 1.08 bits per heavy atom. The number of nitrogens with zero attached hydrogens (tertiary/aromatic N) is 2. The molecule has 0 saturated carbocycles. The SMILES string of the molecule is O=C(O)c1ccc(COc2ccc3c(c2)CCn2c-3cc(OCC3COc4ccccc4O3)nc2=O)o1. The predicted octanol–water partition coefficient (Wildman–Crippen LogP) is 3.56. The van der Waals surface area contributed by atoms with Crippen molar-refractivity contribution in [2.45, 2.75) is 25.7 Å². The van der Waals surface area contributed by atoms with Gasteiger partial charge < -0.3 is 28.5 Å². The Balaban J connectivity index is 1.16. The van der Waals surface area contributed by atoms with Crippen LogP contribution in [-0.2, 0) is 19.6 Å². The minimum Gasteiger partial charge on any atom is -0.486 e. The number of ether oxygens (including phenoxy) is 4. The number of hydrogen-bond donors (Lipinski definition) is 1. The number of fused-ring (bicyclic) bond motifs is 4. The zero-order valence-electron chi connectivity index (χ0n) is 19.6. The first-order chi connectivity index (χ1) is 18.0. The number of aromatic nitrogens is 2. The summed E-state index contributed by atoms with van der Waals surface area (Å²) >= 11 is 0. The molecule has 1 unspecified atom stereocenters. The zero-order valence-corrected chi connectivity index (χ0v) is 19.6. The molecular weight excluding hydrogens is 480 g/mol. The molecule has 0 bridgehead atoms. The molecule has 2 aromatic heterocycles.